The number of nitrogens with zero attached hydrogens (tertiary/aromatic N) is 2. The topological polar surface area (TPSA) is 93.6 Å². The van der Waals surface area contributed by atoms with Crippen molar-refractivity contribution < 1.29 is 18.3 Å². The highest BCUT2D eigenvalue weighted by atomic mass is 32.2. The Morgan fingerprint density at radius 2 is 2.12 bits per heavy atom. The van der Waals surface area contributed by atoms with Crippen LogP contribution >= 0.6 is 0 Å². The van der Waals surface area contributed by atoms with Crippen molar-refractivity contribution in [3.05, 3.63) is 34.9 Å². The summed E-state index contributed by atoms with van der Waals surface area (Å²) >= 11 is -2.35. The molecule has 6 heteroatoms. The number of ketones is 1. The second-order valence-corrected chi connectivity index (χ2v) is 4.30. The number of fused-ring (bicyclic) bond motifs is 1. The number of benzene rings is 1. The normalized spacial score (nSPS) is 16.6. The molecule has 1 atom stereocenters. The van der Waals surface area contributed by atoms with Gasteiger partial charge in [0.25, 0.3) is 5.78 Å². The first kappa shape index (κ1) is 10.9. The number of hydrogen-bond donors (Lipinski definition) is 0. The van der Waals surface area contributed by atoms with Crippen LogP contribution in [0.5, 0.6) is 0 Å². The standard InChI is InChI=1S/C10H8N2O3S/c11-12-8-5-4-6-7(10(8)13)2-1-3-9(6)16(14)15/h1-3H,4-5H2,(H,14,15)/p-1. The molecule has 0 spiro atoms. The van der Waals surface area contributed by atoms with Gasteiger partial charge in [-0.3, -0.25) is 9.00 Å². The van der Waals surface area contributed by atoms with Gasteiger partial charge in [0.2, 0.25) is 0 Å². The molecule has 0 fully saturated rings. The van der Waals surface area contributed by atoms with Gasteiger partial charge in [0, 0.05) is 10.5 Å². The molecule has 0 aromatic heterocycles. The summed E-state index contributed by atoms with van der Waals surface area (Å²) in [7, 11) is 0. The number of carbonyl (C=O) groups excluding carboxylic acids is 1. The fraction of sp³-hybridized carbons (Fsp3) is 0.200. The predicted octanol–water partition coefficient (Wildman–Crippen LogP) is 0.724. The Bertz CT molecular complexity index is 547. The van der Waals surface area contributed by atoms with E-state index in [9.17, 15) is 13.6 Å². The van der Waals surface area contributed by atoms with E-state index in [4.69, 9.17) is 5.53 Å². The van der Waals surface area contributed by atoms with E-state index in [0.29, 0.717) is 17.5 Å². The Balaban J connectivity index is 2.64. The zero-order valence-electron chi connectivity index (χ0n) is 8.17. The van der Waals surface area contributed by atoms with Crippen molar-refractivity contribution in [3.8, 4) is 0 Å². The molecule has 1 aromatic carbocycles. The molecule has 2 rings (SSSR count). The fourth-order valence-corrected chi connectivity index (χ4v) is 2.40. The third-order valence-corrected chi connectivity index (χ3v) is 3.29. The van der Waals surface area contributed by atoms with Gasteiger partial charge in [-0.2, -0.15) is 4.79 Å². The van der Waals surface area contributed by atoms with Crippen LogP contribution in [0.4, 0.5) is 0 Å². The van der Waals surface area contributed by atoms with Crippen LogP contribution < -0.4 is 0 Å². The van der Waals surface area contributed by atoms with Crippen molar-refractivity contribution in [2.24, 2.45) is 0 Å². The third-order valence-electron chi connectivity index (χ3n) is 2.55. The molecule has 0 aliphatic heterocycles. The molecule has 1 aliphatic rings. The fourth-order valence-electron chi connectivity index (χ4n) is 1.80. The highest BCUT2D eigenvalue weighted by molar-refractivity contribution is 7.79. The van der Waals surface area contributed by atoms with Gasteiger partial charge in [0.05, 0.1) is 6.42 Å². The van der Waals surface area contributed by atoms with Crippen LogP contribution in [0.25, 0.3) is 5.53 Å². The van der Waals surface area contributed by atoms with E-state index in [1.807, 2.05) is 0 Å². The van der Waals surface area contributed by atoms with Gasteiger partial charge in [-0.1, -0.05) is 12.1 Å². The Morgan fingerprint density at radius 3 is 2.75 bits per heavy atom. The van der Waals surface area contributed by atoms with Crippen LogP contribution in [-0.2, 0) is 17.5 Å². The third kappa shape index (κ3) is 1.63. The quantitative estimate of drug-likeness (QED) is 0.408. The summed E-state index contributed by atoms with van der Waals surface area (Å²) in [6.07, 6.45) is 0.654. The minimum absolute atomic E-state index is 0.0707. The summed E-state index contributed by atoms with van der Waals surface area (Å²) in [4.78, 5) is 14.8. The first-order valence-corrected chi connectivity index (χ1v) is 5.69. The molecule has 1 aliphatic carbocycles. The van der Waals surface area contributed by atoms with Crippen LogP contribution in [-0.4, -0.2) is 25.0 Å². The van der Waals surface area contributed by atoms with Gasteiger partial charge in [-0.15, -0.1) is 0 Å². The zero-order valence-corrected chi connectivity index (χ0v) is 8.99. The molecule has 0 radical (unpaired) electrons. The second-order valence-electron chi connectivity index (χ2n) is 3.39. The molecule has 0 saturated heterocycles. The lowest BCUT2D eigenvalue weighted by atomic mass is 9.89. The Labute approximate surface area is 94.0 Å². The lowest BCUT2D eigenvalue weighted by Crippen LogP contribution is -2.24. The smallest absolute Gasteiger partial charge is 0.339 e. The van der Waals surface area contributed by atoms with E-state index in [2.05, 4.69) is 4.79 Å². The van der Waals surface area contributed by atoms with Gasteiger partial charge >= 0.3 is 5.71 Å². The van der Waals surface area contributed by atoms with Crippen LogP contribution in [0.2, 0.25) is 0 Å². The first-order valence-electron chi connectivity index (χ1n) is 4.62. The molecular formula is C10H7N2O3S-. The average Bonchev–Trinajstić information content (AvgIpc) is 2.29. The lowest BCUT2D eigenvalue weighted by Gasteiger charge is -2.17. The molecule has 5 nitrogen and oxygen atoms in total. The van der Waals surface area contributed by atoms with Gasteiger partial charge in [-0.05, 0) is 29.1 Å². The molecule has 16 heavy (non-hydrogen) atoms. The van der Waals surface area contributed by atoms with E-state index in [1.165, 1.54) is 12.1 Å². The van der Waals surface area contributed by atoms with Gasteiger partial charge in [0.1, 0.15) is 0 Å². The van der Waals surface area contributed by atoms with E-state index >= 15 is 0 Å². The van der Waals surface area contributed by atoms with Crippen molar-refractivity contribution in [2.75, 3.05) is 0 Å². The minimum atomic E-state index is -2.35. The summed E-state index contributed by atoms with van der Waals surface area (Å²) < 4.78 is 21.9. The lowest BCUT2D eigenvalue weighted by molar-refractivity contribution is -0.00947. The van der Waals surface area contributed by atoms with E-state index in [-0.39, 0.29) is 17.0 Å². The number of carbonyl (C=O) groups is 1. The molecule has 0 amide bonds. The Hall–Kier alpha value is -1.62. The first-order chi connectivity index (χ1) is 7.65. The number of hydrogen-bond acceptors (Lipinski definition) is 3. The monoisotopic (exact) mass is 235 g/mol. The Morgan fingerprint density at radius 1 is 1.38 bits per heavy atom. The molecule has 1 unspecified atom stereocenters. The highest BCUT2D eigenvalue weighted by Gasteiger charge is 2.30. The van der Waals surface area contributed by atoms with Crippen LogP contribution in [0, 0.1) is 0 Å². The van der Waals surface area contributed by atoms with Crippen molar-refractivity contribution in [1.29, 1.82) is 0 Å². The minimum Gasteiger partial charge on any atom is -0.768 e. The SMILES string of the molecule is [N-]=[N+]=C1CCc2c(cccc2S(=O)[O-])C1=O. The van der Waals surface area contributed by atoms with Crippen LogP contribution in [0.3, 0.4) is 0 Å². The van der Waals surface area contributed by atoms with E-state index in [0.717, 1.165) is 0 Å². The molecule has 0 heterocycles. The summed E-state index contributed by atoms with van der Waals surface area (Å²) in [6, 6.07) is 4.50. The van der Waals surface area contributed by atoms with Crippen LogP contribution in [0.1, 0.15) is 22.3 Å². The Kier molecular flexibility index (Phi) is 2.78. The van der Waals surface area contributed by atoms with Crippen molar-refractivity contribution in [3.63, 3.8) is 0 Å². The highest BCUT2D eigenvalue weighted by Crippen LogP contribution is 2.24. The average molecular weight is 235 g/mol. The molecule has 0 bridgehead atoms. The maximum Gasteiger partial charge on any atom is 0.339 e. The predicted molar refractivity (Wildman–Crippen MR) is 54.9 cm³/mol. The number of Topliss-reactive ketones (excluding diaryl/α,β-unsaturated/α-hetero) is 1. The van der Waals surface area contributed by atoms with Gasteiger partial charge < -0.3 is 10.1 Å². The van der Waals surface area contributed by atoms with Gasteiger partial charge in [-0.25, -0.2) is 0 Å². The maximum atomic E-state index is 11.7. The zero-order chi connectivity index (χ0) is 11.7. The summed E-state index contributed by atoms with van der Waals surface area (Å²) in [5.41, 5.74) is 9.50. The second kappa shape index (κ2) is 4.09. The van der Waals surface area contributed by atoms with E-state index in [1.54, 1.807) is 6.07 Å². The summed E-state index contributed by atoms with van der Waals surface area (Å²) in [5.74, 6) is -0.406. The molecular weight excluding hydrogens is 228 g/mol. The number of rotatable bonds is 1. The molecule has 82 valence electrons. The van der Waals surface area contributed by atoms with Crippen molar-refractivity contribution in [1.82, 2.24) is 0 Å². The van der Waals surface area contributed by atoms with Crippen molar-refractivity contribution in [2.45, 2.75) is 17.7 Å². The summed E-state index contributed by atoms with van der Waals surface area (Å²) in [5, 5.41) is 0. The van der Waals surface area contributed by atoms with Gasteiger partial charge in [0.15, 0.2) is 0 Å². The molecule has 0 saturated carbocycles. The summed E-state index contributed by atoms with van der Waals surface area (Å²) in [6.45, 7) is 0. The maximum absolute atomic E-state index is 11.7. The molecule has 0 N–H and O–H groups in total. The molecule has 1 aromatic rings. The van der Waals surface area contributed by atoms with E-state index < -0.39 is 16.9 Å². The van der Waals surface area contributed by atoms with Crippen molar-refractivity contribution >= 4 is 22.6 Å². The largest absolute Gasteiger partial charge is 0.768 e. The van der Waals surface area contributed by atoms with Crippen LogP contribution in [0.15, 0.2) is 23.1 Å².